The molecule has 5 heteroatoms. The number of aromatic nitrogens is 1. The van der Waals surface area contributed by atoms with Gasteiger partial charge in [-0.05, 0) is 31.7 Å². The summed E-state index contributed by atoms with van der Waals surface area (Å²) in [5.74, 6) is 0.573. The SMILES string of the molecule is CCC[C@H](CC(C)=O)C(=O)N1C[C@@H]2C[C@@H](C1)c1cccc(=O)n1C2. The van der Waals surface area contributed by atoms with Gasteiger partial charge in [-0.15, -0.1) is 0 Å². The van der Waals surface area contributed by atoms with E-state index in [4.69, 9.17) is 0 Å². The fourth-order valence-electron chi connectivity index (χ4n) is 4.34. The highest BCUT2D eigenvalue weighted by molar-refractivity contribution is 5.85. The number of hydrogen-bond donors (Lipinski definition) is 0. The molecule has 2 aliphatic rings. The van der Waals surface area contributed by atoms with Crippen LogP contribution in [0.5, 0.6) is 0 Å². The third-order valence-electron chi connectivity index (χ3n) is 5.31. The Morgan fingerprint density at radius 2 is 2.04 bits per heavy atom. The van der Waals surface area contributed by atoms with Crippen LogP contribution >= 0.6 is 0 Å². The number of fused-ring (bicyclic) bond motifs is 4. The highest BCUT2D eigenvalue weighted by Gasteiger charge is 2.37. The van der Waals surface area contributed by atoms with Gasteiger partial charge in [0.15, 0.2) is 0 Å². The number of carbonyl (C=O) groups is 2. The third-order valence-corrected chi connectivity index (χ3v) is 5.31. The highest BCUT2D eigenvalue weighted by atomic mass is 16.2. The van der Waals surface area contributed by atoms with Crippen LogP contribution in [0, 0.1) is 11.8 Å². The van der Waals surface area contributed by atoms with Gasteiger partial charge in [0, 0.05) is 49.7 Å². The number of likely N-dealkylation sites (tertiary alicyclic amines) is 1. The van der Waals surface area contributed by atoms with Gasteiger partial charge in [0.2, 0.25) is 5.91 Å². The first-order chi connectivity index (χ1) is 11.5. The lowest BCUT2D eigenvalue weighted by Gasteiger charge is -2.43. The molecule has 24 heavy (non-hydrogen) atoms. The number of amides is 1. The monoisotopic (exact) mass is 330 g/mol. The summed E-state index contributed by atoms with van der Waals surface area (Å²) < 4.78 is 1.87. The van der Waals surface area contributed by atoms with E-state index in [-0.39, 0.29) is 29.1 Å². The Balaban J connectivity index is 1.79. The van der Waals surface area contributed by atoms with Gasteiger partial charge in [-0.3, -0.25) is 9.59 Å². The van der Waals surface area contributed by atoms with Crippen molar-refractivity contribution in [1.29, 1.82) is 0 Å². The summed E-state index contributed by atoms with van der Waals surface area (Å²) in [6.45, 7) is 5.67. The number of hydrogen-bond acceptors (Lipinski definition) is 3. The molecule has 0 aromatic carbocycles. The average Bonchev–Trinajstić information content (AvgIpc) is 2.54. The third kappa shape index (κ3) is 3.30. The maximum atomic E-state index is 12.9. The van der Waals surface area contributed by atoms with Crippen LogP contribution in [0.4, 0.5) is 0 Å². The second-order valence-electron chi connectivity index (χ2n) is 7.33. The molecule has 3 atom stereocenters. The van der Waals surface area contributed by atoms with Gasteiger partial charge in [-0.2, -0.15) is 0 Å². The van der Waals surface area contributed by atoms with Gasteiger partial charge < -0.3 is 14.3 Å². The maximum Gasteiger partial charge on any atom is 0.250 e. The molecule has 3 rings (SSSR count). The summed E-state index contributed by atoms with van der Waals surface area (Å²) in [5.41, 5.74) is 1.11. The second-order valence-corrected chi connectivity index (χ2v) is 7.33. The molecule has 1 fully saturated rings. The minimum absolute atomic E-state index is 0.0578. The molecule has 0 radical (unpaired) electrons. The summed E-state index contributed by atoms with van der Waals surface area (Å²) >= 11 is 0. The quantitative estimate of drug-likeness (QED) is 0.831. The smallest absolute Gasteiger partial charge is 0.250 e. The molecule has 3 heterocycles. The summed E-state index contributed by atoms with van der Waals surface area (Å²) in [6, 6.07) is 5.43. The molecule has 0 spiro atoms. The number of pyridine rings is 1. The van der Waals surface area contributed by atoms with E-state index in [2.05, 4.69) is 0 Å². The zero-order chi connectivity index (χ0) is 17.3. The molecular formula is C19H26N2O3. The van der Waals surface area contributed by atoms with Crippen molar-refractivity contribution in [2.45, 2.75) is 52.0 Å². The molecule has 1 amide bonds. The van der Waals surface area contributed by atoms with Crippen LogP contribution in [-0.2, 0) is 16.1 Å². The van der Waals surface area contributed by atoms with Gasteiger partial charge in [-0.1, -0.05) is 19.4 Å². The number of ketones is 1. The number of nitrogens with zero attached hydrogens (tertiary/aromatic N) is 2. The minimum atomic E-state index is -0.190. The molecule has 1 aromatic heterocycles. The predicted octanol–water partition coefficient (Wildman–Crippen LogP) is 2.19. The molecule has 0 aliphatic carbocycles. The van der Waals surface area contributed by atoms with Crippen molar-refractivity contribution < 1.29 is 9.59 Å². The lowest BCUT2D eigenvalue weighted by molar-refractivity contribution is -0.140. The van der Waals surface area contributed by atoms with Crippen molar-refractivity contribution in [3.05, 3.63) is 34.2 Å². The Hall–Kier alpha value is -1.91. The second kappa shape index (κ2) is 6.91. The molecule has 5 nitrogen and oxygen atoms in total. The molecule has 0 unspecified atom stereocenters. The lowest BCUT2D eigenvalue weighted by atomic mass is 9.82. The van der Waals surface area contributed by atoms with Crippen molar-refractivity contribution >= 4 is 11.7 Å². The summed E-state index contributed by atoms with van der Waals surface area (Å²) in [7, 11) is 0. The molecule has 0 N–H and O–H groups in total. The maximum absolute atomic E-state index is 12.9. The molecule has 1 saturated heterocycles. The van der Waals surface area contributed by atoms with Crippen LogP contribution in [0.15, 0.2) is 23.0 Å². The summed E-state index contributed by atoms with van der Waals surface area (Å²) in [4.78, 5) is 38.5. The lowest BCUT2D eigenvalue weighted by Crippen LogP contribution is -2.50. The Labute approximate surface area is 142 Å². The van der Waals surface area contributed by atoms with Crippen LogP contribution in [-0.4, -0.2) is 34.2 Å². The van der Waals surface area contributed by atoms with Crippen molar-refractivity contribution in [3.63, 3.8) is 0 Å². The Morgan fingerprint density at radius 1 is 1.25 bits per heavy atom. The Bertz CT molecular complexity index is 694. The van der Waals surface area contributed by atoms with Crippen molar-refractivity contribution in [1.82, 2.24) is 9.47 Å². The normalized spacial score (nSPS) is 23.5. The van der Waals surface area contributed by atoms with Crippen LogP contribution < -0.4 is 5.56 Å². The predicted molar refractivity (Wildman–Crippen MR) is 91.8 cm³/mol. The first-order valence-corrected chi connectivity index (χ1v) is 8.97. The summed E-state index contributed by atoms with van der Waals surface area (Å²) in [5, 5.41) is 0. The van der Waals surface area contributed by atoms with Crippen LogP contribution in [0.25, 0.3) is 0 Å². The molecular weight excluding hydrogens is 304 g/mol. The standard InChI is InChI=1S/C19H26N2O3/c1-3-5-15(8-13(2)22)19(24)20-10-14-9-16(12-20)17-6-4-7-18(23)21(17)11-14/h4,6-7,14-16H,3,5,8-12H2,1-2H3/t14-,15+,16-/m0/s1. The molecule has 1 aromatic rings. The van der Waals surface area contributed by atoms with E-state index in [1.165, 1.54) is 0 Å². The molecule has 130 valence electrons. The van der Waals surface area contributed by atoms with E-state index in [0.717, 1.165) is 25.0 Å². The number of piperidine rings is 1. The first-order valence-electron chi connectivity index (χ1n) is 8.97. The first kappa shape index (κ1) is 16.9. The largest absolute Gasteiger partial charge is 0.341 e. The van der Waals surface area contributed by atoms with Gasteiger partial charge in [0.25, 0.3) is 5.56 Å². The van der Waals surface area contributed by atoms with E-state index >= 15 is 0 Å². The van der Waals surface area contributed by atoms with E-state index in [9.17, 15) is 14.4 Å². The zero-order valence-corrected chi connectivity index (χ0v) is 14.5. The highest BCUT2D eigenvalue weighted by Crippen LogP contribution is 2.35. The van der Waals surface area contributed by atoms with Crippen LogP contribution in [0.3, 0.4) is 0 Å². The molecule has 0 saturated carbocycles. The average molecular weight is 330 g/mol. The van der Waals surface area contributed by atoms with E-state index in [0.29, 0.717) is 32.0 Å². The van der Waals surface area contributed by atoms with Gasteiger partial charge in [0.05, 0.1) is 0 Å². The minimum Gasteiger partial charge on any atom is -0.341 e. The van der Waals surface area contributed by atoms with Crippen molar-refractivity contribution in [3.8, 4) is 0 Å². The number of rotatable bonds is 5. The van der Waals surface area contributed by atoms with E-state index in [1.54, 1.807) is 13.0 Å². The van der Waals surface area contributed by atoms with Crippen molar-refractivity contribution in [2.24, 2.45) is 11.8 Å². The van der Waals surface area contributed by atoms with E-state index < -0.39 is 0 Å². The van der Waals surface area contributed by atoms with Gasteiger partial charge >= 0.3 is 0 Å². The zero-order valence-electron chi connectivity index (χ0n) is 14.5. The number of carbonyl (C=O) groups excluding carboxylic acids is 2. The summed E-state index contributed by atoms with van der Waals surface area (Å²) in [6.07, 6.45) is 3.05. The Kier molecular flexibility index (Phi) is 4.88. The van der Waals surface area contributed by atoms with Gasteiger partial charge in [0.1, 0.15) is 5.78 Å². The fraction of sp³-hybridized carbons (Fsp3) is 0.632. The van der Waals surface area contributed by atoms with Crippen LogP contribution in [0.2, 0.25) is 0 Å². The van der Waals surface area contributed by atoms with Gasteiger partial charge in [-0.25, -0.2) is 0 Å². The van der Waals surface area contributed by atoms with Crippen LogP contribution in [0.1, 0.15) is 51.1 Å². The molecule has 2 bridgehead atoms. The number of Topliss-reactive ketones (excluding diaryl/α,β-unsaturated/α-hetero) is 1. The Morgan fingerprint density at radius 3 is 2.75 bits per heavy atom. The van der Waals surface area contributed by atoms with E-state index in [1.807, 2.05) is 28.5 Å². The topological polar surface area (TPSA) is 59.4 Å². The molecule has 2 aliphatic heterocycles. The van der Waals surface area contributed by atoms with Crippen molar-refractivity contribution in [2.75, 3.05) is 13.1 Å². The fourth-order valence-corrected chi connectivity index (χ4v) is 4.34.